The standard InChI is InChI=1S/C12H6Cl2F7N5/c13-5-1-4(10(15,11(16,17)18)12(19,20)21)2-6(14)8(5)26-25-7(3-22)9(23)24/h1-2,26H,(H3,23,24)/b25-7+. The summed E-state index contributed by atoms with van der Waals surface area (Å²) in [5.74, 6) is -0.791. The first-order chi connectivity index (χ1) is 11.7. The van der Waals surface area contributed by atoms with Crippen molar-refractivity contribution in [3.8, 4) is 6.07 Å². The Balaban J connectivity index is 3.50. The van der Waals surface area contributed by atoms with Gasteiger partial charge in [0.2, 0.25) is 5.71 Å². The summed E-state index contributed by atoms with van der Waals surface area (Å²) in [5.41, 5.74) is -1.86. The fraction of sp³-hybridized carbons (Fsp3) is 0.250. The van der Waals surface area contributed by atoms with E-state index in [0.717, 1.165) is 0 Å². The van der Waals surface area contributed by atoms with Crippen LogP contribution in [0.3, 0.4) is 0 Å². The summed E-state index contributed by atoms with van der Waals surface area (Å²) >= 11 is 11.1. The second-order valence-corrected chi connectivity index (χ2v) is 5.38. The van der Waals surface area contributed by atoms with E-state index in [2.05, 4.69) is 5.10 Å². The van der Waals surface area contributed by atoms with Crippen molar-refractivity contribution in [2.45, 2.75) is 18.0 Å². The maximum absolute atomic E-state index is 14.0. The zero-order valence-electron chi connectivity index (χ0n) is 12.0. The van der Waals surface area contributed by atoms with Gasteiger partial charge in [-0.3, -0.25) is 10.8 Å². The molecule has 0 heterocycles. The number of nitrogens with zero attached hydrogens (tertiary/aromatic N) is 2. The molecule has 1 aromatic carbocycles. The summed E-state index contributed by atoms with van der Waals surface area (Å²) < 4.78 is 90.5. The highest BCUT2D eigenvalue weighted by molar-refractivity contribution is 6.46. The monoisotopic (exact) mass is 423 g/mol. The molecule has 0 unspecified atom stereocenters. The lowest BCUT2D eigenvalue weighted by atomic mass is 9.94. The molecule has 0 saturated carbocycles. The third-order valence-electron chi connectivity index (χ3n) is 2.86. The van der Waals surface area contributed by atoms with Crippen LogP contribution in [0.15, 0.2) is 17.2 Å². The molecule has 0 aliphatic carbocycles. The number of hydrogen-bond donors (Lipinski definition) is 3. The van der Waals surface area contributed by atoms with Crippen LogP contribution in [0.25, 0.3) is 0 Å². The number of halogens is 9. The van der Waals surface area contributed by atoms with Crippen LogP contribution in [0.5, 0.6) is 0 Å². The quantitative estimate of drug-likeness (QED) is 0.287. The Kier molecular flexibility index (Phi) is 6.00. The van der Waals surface area contributed by atoms with Gasteiger partial charge in [0.15, 0.2) is 5.84 Å². The van der Waals surface area contributed by atoms with Crippen LogP contribution in [-0.2, 0) is 5.67 Å². The Bertz CT molecular complexity index is 758. The molecule has 14 heteroatoms. The molecule has 0 aliphatic rings. The predicted molar refractivity (Wildman–Crippen MR) is 79.9 cm³/mol. The van der Waals surface area contributed by atoms with Crippen molar-refractivity contribution in [3.63, 3.8) is 0 Å². The molecule has 0 bridgehead atoms. The minimum Gasteiger partial charge on any atom is -0.382 e. The third-order valence-corrected chi connectivity index (χ3v) is 3.46. The van der Waals surface area contributed by atoms with Crippen LogP contribution in [0, 0.1) is 16.7 Å². The van der Waals surface area contributed by atoms with Gasteiger partial charge in [0.1, 0.15) is 6.07 Å². The summed E-state index contributed by atoms with van der Waals surface area (Å²) in [4.78, 5) is 0. The third kappa shape index (κ3) is 3.94. The first-order valence-electron chi connectivity index (χ1n) is 6.07. The van der Waals surface area contributed by atoms with Crippen LogP contribution in [0.2, 0.25) is 10.0 Å². The summed E-state index contributed by atoms with van der Waals surface area (Å²) in [7, 11) is 0. The van der Waals surface area contributed by atoms with E-state index >= 15 is 0 Å². The number of nitriles is 1. The van der Waals surface area contributed by atoms with E-state index in [1.54, 1.807) is 0 Å². The Morgan fingerprint density at radius 3 is 1.81 bits per heavy atom. The molecule has 0 aromatic heterocycles. The van der Waals surface area contributed by atoms with Gasteiger partial charge in [-0.15, -0.1) is 0 Å². The number of anilines is 1. The maximum atomic E-state index is 14.0. The average molecular weight is 424 g/mol. The summed E-state index contributed by atoms with van der Waals surface area (Å²) in [6.45, 7) is 0. The Labute approximate surface area is 150 Å². The lowest BCUT2D eigenvalue weighted by molar-refractivity contribution is -0.348. The molecular formula is C12H6Cl2F7N5. The highest BCUT2D eigenvalue weighted by Crippen LogP contribution is 2.54. The molecule has 26 heavy (non-hydrogen) atoms. The Morgan fingerprint density at radius 2 is 1.50 bits per heavy atom. The number of hydrazone groups is 1. The highest BCUT2D eigenvalue weighted by atomic mass is 35.5. The van der Waals surface area contributed by atoms with Gasteiger partial charge in [-0.05, 0) is 12.1 Å². The molecule has 0 fully saturated rings. The smallest absolute Gasteiger partial charge is 0.382 e. The molecule has 4 N–H and O–H groups in total. The highest BCUT2D eigenvalue weighted by Gasteiger charge is 2.73. The molecule has 142 valence electrons. The fourth-order valence-corrected chi connectivity index (χ4v) is 2.20. The maximum Gasteiger partial charge on any atom is 0.435 e. The van der Waals surface area contributed by atoms with Gasteiger partial charge in [-0.2, -0.15) is 36.7 Å². The number of hydrogen-bond acceptors (Lipinski definition) is 4. The number of amidine groups is 1. The molecule has 0 saturated heterocycles. The van der Waals surface area contributed by atoms with E-state index in [9.17, 15) is 30.7 Å². The van der Waals surface area contributed by atoms with Crippen LogP contribution in [0.1, 0.15) is 5.56 Å². The fourth-order valence-electron chi connectivity index (χ4n) is 1.62. The zero-order chi connectivity index (χ0) is 20.5. The minimum absolute atomic E-state index is 0.0616. The Hall–Kier alpha value is -2.26. The van der Waals surface area contributed by atoms with Gasteiger partial charge >= 0.3 is 18.0 Å². The van der Waals surface area contributed by atoms with Crippen LogP contribution < -0.4 is 11.2 Å². The van der Waals surface area contributed by atoms with Crippen LogP contribution in [0.4, 0.5) is 36.4 Å². The first-order valence-corrected chi connectivity index (χ1v) is 6.82. The SMILES string of the molecule is N#C/C(=N\Nc1c(Cl)cc(C(F)(C(F)(F)F)C(F)(F)F)cc1Cl)C(=N)N. The second-order valence-electron chi connectivity index (χ2n) is 4.57. The summed E-state index contributed by atoms with van der Waals surface area (Å²) in [6.07, 6.45) is -12.7. The predicted octanol–water partition coefficient (Wildman–Crippen LogP) is 4.51. The molecule has 1 aromatic rings. The van der Waals surface area contributed by atoms with E-state index in [0.29, 0.717) is 0 Å². The van der Waals surface area contributed by atoms with Crippen molar-refractivity contribution < 1.29 is 30.7 Å². The molecule has 0 radical (unpaired) electrons. The van der Waals surface area contributed by atoms with Crippen molar-refractivity contribution >= 4 is 40.4 Å². The summed E-state index contributed by atoms with van der Waals surface area (Å²) in [5, 5.41) is 17.2. The number of benzene rings is 1. The molecule has 1 rings (SSSR count). The lowest BCUT2D eigenvalue weighted by Gasteiger charge is -2.30. The van der Waals surface area contributed by atoms with Crippen molar-refractivity contribution in [2.75, 3.05) is 5.43 Å². The minimum atomic E-state index is -6.34. The molecule has 0 amide bonds. The zero-order valence-corrected chi connectivity index (χ0v) is 13.5. The van der Waals surface area contributed by atoms with Gasteiger partial charge in [0.25, 0.3) is 0 Å². The topological polar surface area (TPSA) is 98.0 Å². The van der Waals surface area contributed by atoms with Crippen molar-refractivity contribution in [1.82, 2.24) is 0 Å². The lowest BCUT2D eigenvalue weighted by Crippen LogP contribution is -2.50. The van der Waals surface area contributed by atoms with Gasteiger partial charge in [-0.25, -0.2) is 4.39 Å². The van der Waals surface area contributed by atoms with E-state index in [1.165, 1.54) is 6.07 Å². The molecule has 0 atom stereocenters. The Morgan fingerprint density at radius 1 is 1.08 bits per heavy atom. The molecule has 0 spiro atoms. The van der Waals surface area contributed by atoms with E-state index < -0.39 is 50.9 Å². The number of nitrogens with two attached hydrogens (primary N) is 1. The molecular weight excluding hydrogens is 418 g/mol. The average Bonchev–Trinajstić information content (AvgIpc) is 2.46. The van der Waals surface area contributed by atoms with Gasteiger partial charge < -0.3 is 5.73 Å². The largest absolute Gasteiger partial charge is 0.435 e. The van der Waals surface area contributed by atoms with Gasteiger partial charge in [0.05, 0.1) is 15.7 Å². The summed E-state index contributed by atoms with van der Waals surface area (Å²) in [6, 6.07) is 1.50. The van der Waals surface area contributed by atoms with Crippen molar-refractivity contribution in [3.05, 3.63) is 27.7 Å². The normalized spacial score (nSPS) is 13.3. The number of rotatable bonds is 4. The van der Waals surface area contributed by atoms with Crippen molar-refractivity contribution in [1.29, 1.82) is 10.7 Å². The van der Waals surface area contributed by atoms with E-state index in [1.807, 2.05) is 5.43 Å². The number of alkyl halides is 7. The van der Waals surface area contributed by atoms with E-state index in [-0.39, 0.29) is 12.1 Å². The van der Waals surface area contributed by atoms with Crippen molar-refractivity contribution in [2.24, 2.45) is 10.8 Å². The van der Waals surface area contributed by atoms with Crippen LogP contribution in [-0.4, -0.2) is 23.9 Å². The first kappa shape index (κ1) is 21.8. The van der Waals surface area contributed by atoms with E-state index in [4.69, 9.17) is 39.6 Å². The van der Waals surface area contributed by atoms with Crippen LogP contribution >= 0.6 is 23.2 Å². The molecule has 0 aliphatic heterocycles. The second kappa shape index (κ2) is 7.16. The molecule has 5 nitrogen and oxygen atoms in total. The van der Waals surface area contributed by atoms with Gasteiger partial charge in [-0.1, -0.05) is 23.2 Å². The van der Waals surface area contributed by atoms with Gasteiger partial charge in [0, 0.05) is 5.56 Å². The number of nitrogens with one attached hydrogen (secondary N) is 2.